The highest BCUT2D eigenvalue weighted by atomic mass is 35.5. The van der Waals surface area contributed by atoms with Gasteiger partial charge in [0.15, 0.2) is 5.16 Å². The molecule has 9 heteroatoms. The zero-order valence-electron chi connectivity index (χ0n) is 16.6. The molecule has 32 heavy (non-hydrogen) atoms. The molecule has 0 aliphatic carbocycles. The maximum Gasteiger partial charge on any atom is 0.250 e. The third-order valence-corrected chi connectivity index (χ3v) is 6.64. The molecule has 0 saturated heterocycles. The largest absolute Gasteiger partial charge is 0.314 e. The van der Waals surface area contributed by atoms with Gasteiger partial charge in [-0.2, -0.15) is 5.10 Å². The summed E-state index contributed by atoms with van der Waals surface area (Å²) in [5.74, 6) is -0.0978. The summed E-state index contributed by atoms with van der Waals surface area (Å²) in [6.45, 7) is 0.618. The number of thioether (sulfide) groups is 1. The predicted octanol–water partition coefficient (Wildman–Crippen LogP) is 6.29. The van der Waals surface area contributed by atoms with Crippen molar-refractivity contribution < 1.29 is 4.79 Å². The SMILES string of the molecule is O=C(CSc1nc2ccccc2n1Cc1ccc(Cl)cc1)N/N=C\c1cccc(Cl)c1Cl. The Hall–Kier alpha value is -2.51. The Labute approximate surface area is 204 Å². The van der Waals surface area contributed by atoms with Crippen LogP contribution in [0.3, 0.4) is 0 Å². The number of amides is 1. The van der Waals surface area contributed by atoms with Crippen molar-refractivity contribution in [2.24, 2.45) is 5.10 Å². The van der Waals surface area contributed by atoms with Gasteiger partial charge in [-0.25, -0.2) is 10.4 Å². The Morgan fingerprint density at radius 3 is 2.62 bits per heavy atom. The van der Waals surface area contributed by atoms with Crippen molar-refractivity contribution in [1.29, 1.82) is 0 Å². The lowest BCUT2D eigenvalue weighted by Crippen LogP contribution is -2.20. The average Bonchev–Trinajstić information content (AvgIpc) is 3.14. The Morgan fingerprint density at radius 2 is 1.81 bits per heavy atom. The van der Waals surface area contributed by atoms with Gasteiger partial charge in [-0.05, 0) is 35.9 Å². The van der Waals surface area contributed by atoms with Gasteiger partial charge in [0, 0.05) is 10.6 Å². The lowest BCUT2D eigenvalue weighted by Gasteiger charge is -2.09. The van der Waals surface area contributed by atoms with Gasteiger partial charge in [-0.3, -0.25) is 4.79 Å². The van der Waals surface area contributed by atoms with Crippen LogP contribution in [0.5, 0.6) is 0 Å². The van der Waals surface area contributed by atoms with Gasteiger partial charge in [-0.15, -0.1) is 0 Å². The maximum absolute atomic E-state index is 12.3. The van der Waals surface area contributed by atoms with E-state index < -0.39 is 0 Å². The lowest BCUT2D eigenvalue weighted by atomic mass is 10.2. The maximum atomic E-state index is 12.3. The summed E-state index contributed by atoms with van der Waals surface area (Å²) in [4.78, 5) is 17.0. The quantitative estimate of drug-likeness (QED) is 0.183. The molecule has 0 fully saturated rings. The summed E-state index contributed by atoms with van der Waals surface area (Å²) in [5, 5.41) is 6.23. The summed E-state index contributed by atoms with van der Waals surface area (Å²) >= 11 is 19.5. The van der Waals surface area contributed by atoms with E-state index in [1.54, 1.807) is 18.2 Å². The topological polar surface area (TPSA) is 59.3 Å². The van der Waals surface area contributed by atoms with Crippen molar-refractivity contribution in [3.8, 4) is 0 Å². The number of imidazole rings is 1. The normalized spacial score (nSPS) is 11.3. The van der Waals surface area contributed by atoms with Crippen molar-refractivity contribution >= 4 is 69.7 Å². The number of aromatic nitrogens is 2. The standard InChI is InChI=1S/C23H17Cl3N4OS/c24-17-10-8-15(9-11-17)13-30-20-7-2-1-6-19(20)28-23(30)32-14-21(31)29-27-12-16-4-3-5-18(25)22(16)26/h1-12H,13-14H2,(H,29,31)/b27-12-. The lowest BCUT2D eigenvalue weighted by molar-refractivity contribution is -0.118. The highest BCUT2D eigenvalue weighted by Crippen LogP contribution is 2.26. The second kappa shape index (κ2) is 10.4. The van der Waals surface area contributed by atoms with Crippen LogP contribution in [-0.4, -0.2) is 27.4 Å². The summed E-state index contributed by atoms with van der Waals surface area (Å²) in [6.07, 6.45) is 1.46. The van der Waals surface area contributed by atoms with E-state index >= 15 is 0 Å². The number of carbonyl (C=O) groups excluding carboxylic acids is 1. The minimum atomic E-state index is -0.255. The van der Waals surface area contributed by atoms with Gasteiger partial charge in [0.1, 0.15) is 0 Å². The molecule has 162 valence electrons. The van der Waals surface area contributed by atoms with Crippen LogP contribution in [0, 0.1) is 0 Å². The molecule has 0 atom stereocenters. The number of fused-ring (bicyclic) bond motifs is 1. The second-order valence-electron chi connectivity index (χ2n) is 6.82. The molecule has 0 aliphatic heterocycles. The molecule has 1 amide bonds. The van der Waals surface area contributed by atoms with E-state index in [2.05, 4.69) is 15.1 Å². The van der Waals surface area contributed by atoms with Crippen LogP contribution >= 0.6 is 46.6 Å². The molecular formula is C23H17Cl3N4OS. The van der Waals surface area contributed by atoms with Crippen LogP contribution in [0.1, 0.15) is 11.1 Å². The number of para-hydroxylation sites is 2. The third-order valence-electron chi connectivity index (χ3n) is 4.58. The molecule has 0 radical (unpaired) electrons. The number of carbonyl (C=O) groups is 1. The zero-order chi connectivity index (χ0) is 22.5. The molecule has 4 rings (SSSR count). The van der Waals surface area contributed by atoms with E-state index in [0.29, 0.717) is 27.2 Å². The average molecular weight is 504 g/mol. The number of rotatable bonds is 7. The molecule has 5 nitrogen and oxygen atoms in total. The van der Waals surface area contributed by atoms with Crippen LogP contribution in [0.2, 0.25) is 15.1 Å². The Balaban J connectivity index is 1.45. The molecule has 4 aromatic rings. The molecule has 1 aromatic heterocycles. The van der Waals surface area contributed by atoms with Crippen molar-refractivity contribution in [3.63, 3.8) is 0 Å². The van der Waals surface area contributed by atoms with Crippen molar-refractivity contribution in [2.45, 2.75) is 11.7 Å². The van der Waals surface area contributed by atoms with Crippen LogP contribution in [0.15, 0.2) is 77.0 Å². The first-order valence-electron chi connectivity index (χ1n) is 9.59. The van der Waals surface area contributed by atoms with E-state index in [1.165, 1.54) is 18.0 Å². The number of hydrogen-bond donors (Lipinski definition) is 1. The first kappa shape index (κ1) is 22.7. The van der Waals surface area contributed by atoms with Gasteiger partial charge in [0.2, 0.25) is 0 Å². The van der Waals surface area contributed by atoms with E-state index in [9.17, 15) is 4.79 Å². The fourth-order valence-corrected chi connectivity index (χ4v) is 4.33. The number of hydrogen-bond acceptors (Lipinski definition) is 4. The summed E-state index contributed by atoms with van der Waals surface area (Å²) in [5.41, 5.74) is 6.10. The molecule has 0 spiro atoms. The fraction of sp³-hybridized carbons (Fsp3) is 0.0870. The molecule has 1 N–H and O–H groups in total. The monoisotopic (exact) mass is 502 g/mol. The number of nitrogens with zero attached hydrogens (tertiary/aromatic N) is 3. The number of hydrazone groups is 1. The highest BCUT2D eigenvalue weighted by molar-refractivity contribution is 7.99. The van der Waals surface area contributed by atoms with Crippen LogP contribution in [0.4, 0.5) is 0 Å². The Bertz CT molecular complexity index is 1290. The van der Waals surface area contributed by atoms with Crippen molar-refractivity contribution in [3.05, 3.63) is 92.9 Å². The van der Waals surface area contributed by atoms with Gasteiger partial charge in [-0.1, -0.05) is 83.0 Å². The highest BCUT2D eigenvalue weighted by Gasteiger charge is 2.13. The second-order valence-corrected chi connectivity index (χ2v) is 8.98. The first-order valence-corrected chi connectivity index (χ1v) is 11.7. The van der Waals surface area contributed by atoms with Gasteiger partial charge >= 0.3 is 0 Å². The van der Waals surface area contributed by atoms with Crippen LogP contribution in [0.25, 0.3) is 11.0 Å². The van der Waals surface area contributed by atoms with E-state index in [1.807, 2.05) is 48.5 Å². The molecule has 1 heterocycles. The Kier molecular flexibility index (Phi) is 7.37. The molecule has 0 unspecified atom stereocenters. The van der Waals surface area contributed by atoms with Gasteiger partial charge < -0.3 is 4.57 Å². The van der Waals surface area contributed by atoms with Crippen LogP contribution in [-0.2, 0) is 11.3 Å². The molecule has 0 bridgehead atoms. The molecule has 3 aromatic carbocycles. The van der Waals surface area contributed by atoms with Gasteiger partial charge in [0.25, 0.3) is 5.91 Å². The van der Waals surface area contributed by atoms with E-state index in [4.69, 9.17) is 39.8 Å². The molecule has 0 aliphatic rings. The first-order chi connectivity index (χ1) is 15.5. The summed E-state index contributed by atoms with van der Waals surface area (Å²) in [6, 6.07) is 20.8. The van der Waals surface area contributed by atoms with Crippen LogP contribution < -0.4 is 5.43 Å². The predicted molar refractivity (Wildman–Crippen MR) is 133 cm³/mol. The fourth-order valence-electron chi connectivity index (χ4n) is 3.05. The Morgan fingerprint density at radius 1 is 1.03 bits per heavy atom. The summed E-state index contributed by atoms with van der Waals surface area (Å²) < 4.78 is 2.09. The minimum absolute atomic E-state index is 0.157. The minimum Gasteiger partial charge on any atom is -0.314 e. The zero-order valence-corrected chi connectivity index (χ0v) is 19.7. The van der Waals surface area contributed by atoms with Crippen molar-refractivity contribution in [2.75, 3.05) is 5.75 Å². The summed E-state index contributed by atoms with van der Waals surface area (Å²) in [7, 11) is 0. The molecule has 0 saturated carbocycles. The smallest absolute Gasteiger partial charge is 0.250 e. The number of halogens is 3. The van der Waals surface area contributed by atoms with E-state index in [-0.39, 0.29) is 11.7 Å². The number of benzene rings is 3. The van der Waals surface area contributed by atoms with Gasteiger partial charge in [0.05, 0.1) is 39.6 Å². The van der Waals surface area contributed by atoms with Crippen molar-refractivity contribution in [1.82, 2.24) is 15.0 Å². The number of nitrogens with one attached hydrogen (secondary N) is 1. The third kappa shape index (κ3) is 5.45. The van der Waals surface area contributed by atoms with E-state index in [0.717, 1.165) is 21.8 Å². The molecular weight excluding hydrogens is 487 g/mol.